The normalized spacial score (nSPS) is 10.4. The van der Waals surface area contributed by atoms with Gasteiger partial charge in [-0.1, -0.05) is 19.0 Å². The molecule has 4 nitrogen and oxygen atoms in total. The van der Waals surface area contributed by atoms with E-state index in [4.69, 9.17) is 4.74 Å². The Labute approximate surface area is 76.9 Å². The molecule has 0 N–H and O–H groups in total. The van der Waals surface area contributed by atoms with Gasteiger partial charge in [-0.05, 0) is 0 Å². The molecule has 0 saturated carbocycles. The molecule has 0 aliphatic carbocycles. The molecule has 0 aliphatic rings. The summed E-state index contributed by atoms with van der Waals surface area (Å²) in [6.45, 7) is 4.00. The van der Waals surface area contributed by atoms with Crippen LogP contribution in [0.1, 0.15) is 19.4 Å². The van der Waals surface area contributed by atoms with Gasteiger partial charge in [-0.3, -0.25) is 4.79 Å². The zero-order chi connectivity index (χ0) is 9.68. The SMILES string of the molecule is CC(C)C(=O)OCCc1cnoc1. The fraction of sp³-hybridized carbons (Fsp3) is 0.556. The van der Waals surface area contributed by atoms with Crippen LogP contribution in [0.25, 0.3) is 0 Å². The molecule has 1 aromatic rings. The molecular weight excluding hydrogens is 170 g/mol. The lowest BCUT2D eigenvalue weighted by atomic mass is 10.2. The third kappa shape index (κ3) is 3.27. The molecule has 0 amide bonds. The molecule has 72 valence electrons. The number of rotatable bonds is 4. The highest BCUT2D eigenvalue weighted by Crippen LogP contribution is 2.00. The smallest absolute Gasteiger partial charge is 0.308 e. The Kier molecular flexibility index (Phi) is 3.49. The summed E-state index contributed by atoms with van der Waals surface area (Å²) in [4.78, 5) is 11.0. The van der Waals surface area contributed by atoms with Gasteiger partial charge >= 0.3 is 5.97 Å². The first kappa shape index (κ1) is 9.77. The summed E-state index contributed by atoms with van der Waals surface area (Å²) in [5, 5.41) is 3.54. The first-order valence-corrected chi connectivity index (χ1v) is 4.25. The van der Waals surface area contributed by atoms with Crippen LogP contribution in [0.3, 0.4) is 0 Å². The molecule has 0 saturated heterocycles. The van der Waals surface area contributed by atoms with Crippen LogP contribution in [-0.2, 0) is 16.0 Å². The third-order valence-corrected chi connectivity index (χ3v) is 1.59. The summed E-state index contributed by atoms with van der Waals surface area (Å²) < 4.78 is 9.60. The number of nitrogens with zero attached hydrogens (tertiary/aromatic N) is 1. The van der Waals surface area contributed by atoms with Crippen LogP contribution in [-0.4, -0.2) is 17.7 Å². The standard InChI is InChI=1S/C9H13NO3/c1-7(2)9(11)12-4-3-8-5-10-13-6-8/h5-7H,3-4H2,1-2H3. The molecule has 1 rings (SSSR count). The first-order valence-electron chi connectivity index (χ1n) is 4.25. The highest BCUT2D eigenvalue weighted by molar-refractivity contribution is 5.71. The molecule has 1 heterocycles. The van der Waals surface area contributed by atoms with E-state index in [1.165, 1.54) is 0 Å². The number of carbonyl (C=O) groups is 1. The molecule has 0 fully saturated rings. The summed E-state index contributed by atoms with van der Waals surface area (Å²) in [5.41, 5.74) is 0.941. The van der Waals surface area contributed by atoms with E-state index < -0.39 is 0 Å². The van der Waals surface area contributed by atoms with Crippen LogP contribution < -0.4 is 0 Å². The van der Waals surface area contributed by atoms with Gasteiger partial charge in [-0.2, -0.15) is 0 Å². The summed E-state index contributed by atoms with van der Waals surface area (Å²) in [5.74, 6) is -0.237. The molecule has 0 unspecified atom stereocenters. The van der Waals surface area contributed by atoms with Crippen molar-refractivity contribution in [1.82, 2.24) is 5.16 Å². The van der Waals surface area contributed by atoms with Crippen LogP contribution in [0.5, 0.6) is 0 Å². The Hall–Kier alpha value is -1.32. The minimum absolute atomic E-state index is 0.0672. The van der Waals surface area contributed by atoms with E-state index in [1.807, 2.05) is 13.8 Å². The quantitative estimate of drug-likeness (QED) is 0.662. The van der Waals surface area contributed by atoms with E-state index in [0.29, 0.717) is 13.0 Å². The van der Waals surface area contributed by atoms with Gasteiger partial charge in [-0.15, -0.1) is 0 Å². The second-order valence-corrected chi connectivity index (χ2v) is 3.10. The highest BCUT2D eigenvalue weighted by Gasteiger charge is 2.07. The molecule has 13 heavy (non-hydrogen) atoms. The molecular formula is C9H13NO3. The van der Waals surface area contributed by atoms with E-state index in [1.54, 1.807) is 12.5 Å². The third-order valence-electron chi connectivity index (χ3n) is 1.59. The van der Waals surface area contributed by atoms with Gasteiger partial charge in [0.2, 0.25) is 0 Å². The fourth-order valence-electron chi connectivity index (χ4n) is 0.786. The second kappa shape index (κ2) is 4.64. The Morgan fingerprint density at radius 2 is 2.46 bits per heavy atom. The Balaban J connectivity index is 2.18. The summed E-state index contributed by atoms with van der Waals surface area (Å²) in [6.07, 6.45) is 3.81. The van der Waals surface area contributed by atoms with Gasteiger partial charge < -0.3 is 9.26 Å². The van der Waals surface area contributed by atoms with E-state index in [2.05, 4.69) is 9.68 Å². The molecule has 0 radical (unpaired) electrons. The lowest BCUT2D eigenvalue weighted by Gasteiger charge is -2.05. The molecule has 4 heteroatoms. The first-order chi connectivity index (χ1) is 6.20. The van der Waals surface area contributed by atoms with Gasteiger partial charge in [0, 0.05) is 12.0 Å². The number of esters is 1. The van der Waals surface area contributed by atoms with E-state index >= 15 is 0 Å². The number of hydrogen-bond donors (Lipinski definition) is 0. The Bertz CT molecular complexity index is 254. The zero-order valence-corrected chi connectivity index (χ0v) is 7.82. The number of hydrogen-bond acceptors (Lipinski definition) is 4. The van der Waals surface area contributed by atoms with Crippen molar-refractivity contribution in [3.63, 3.8) is 0 Å². The lowest BCUT2D eigenvalue weighted by molar-refractivity contribution is -0.147. The van der Waals surface area contributed by atoms with Gasteiger partial charge in [0.25, 0.3) is 0 Å². The van der Waals surface area contributed by atoms with Crippen molar-refractivity contribution < 1.29 is 14.1 Å². The highest BCUT2D eigenvalue weighted by atomic mass is 16.5. The number of carbonyl (C=O) groups excluding carboxylic acids is 1. The van der Waals surface area contributed by atoms with Crippen molar-refractivity contribution in [2.75, 3.05) is 6.61 Å². The van der Waals surface area contributed by atoms with E-state index in [9.17, 15) is 4.79 Å². The topological polar surface area (TPSA) is 52.3 Å². The second-order valence-electron chi connectivity index (χ2n) is 3.10. The average molecular weight is 183 g/mol. The maximum absolute atomic E-state index is 11.0. The predicted molar refractivity (Wildman–Crippen MR) is 46.0 cm³/mol. The van der Waals surface area contributed by atoms with Crippen molar-refractivity contribution >= 4 is 5.97 Å². The molecule has 0 aliphatic heterocycles. The van der Waals surface area contributed by atoms with E-state index in [0.717, 1.165) is 5.56 Å². The fourth-order valence-corrected chi connectivity index (χ4v) is 0.786. The van der Waals surface area contributed by atoms with Gasteiger partial charge in [0.15, 0.2) is 0 Å². The number of aromatic nitrogens is 1. The molecule has 0 bridgehead atoms. The van der Waals surface area contributed by atoms with Crippen LogP contribution in [0.15, 0.2) is 17.0 Å². The van der Waals surface area contributed by atoms with Crippen LogP contribution in [0, 0.1) is 5.92 Å². The monoisotopic (exact) mass is 183 g/mol. The molecule has 0 spiro atoms. The zero-order valence-electron chi connectivity index (χ0n) is 7.82. The largest absolute Gasteiger partial charge is 0.465 e. The lowest BCUT2D eigenvalue weighted by Crippen LogP contribution is -2.13. The van der Waals surface area contributed by atoms with Gasteiger partial charge in [0.05, 0.1) is 18.7 Å². The van der Waals surface area contributed by atoms with Crippen LogP contribution >= 0.6 is 0 Å². The average Bonchev–Trinajstić information content (AvgIpc) is 2.56. The van der Waals surface area contributed by atoms with Gasteiger partial charge in [0.1, 0.15) is 6.26 Å². The van der Waals surface area contributed by atoms with Crippen molar-refractivity contribution in [2.24, 2.45) is 5.92 Å². The van der Waals surface area contributed by atoms with Crippen LogP contribution in [0.2, 0.25) is 0 Å². The molecule has 0 atom stereocenters. The van der Waals surface area contributed by atoms with Crippen LogP contribution in [0.4, 0.5) is 0 Å². The predicted octanol–water partition coefficient (Wildman–Crippen LogP) is 1.42. The Morgan fingerprint density at radius 3 is 3.00 bits per heavy atom. The Morgan fingerprint density at radius 1 is 1.69 bits per heavy atom. The van der Waals surface area contributed by atoms with Crippen molar-refractivity contribution in [3.8, 4) is 0 Å². The number of ether oxygens (including phenoxy) is 1. The van der Waals surface area contributed by atoms with Crippen molar-refractivity contribution in [1.29, 1.82) is 0 Å². The minimum Gasteiger partial charge on any atom is -0.465 e. The summed E-state index contributed by atoms with van der Waals surface area (Å²) in [7, 11) is 0. The minimum atomic E-state index is -0.170. The maximum atomic E-state index is 11.0. The van der Waals surface area contributed by atoms with Gasteiger partial charge in [-0.25, -0.2) is 0 Å². The van der Waals surface area contributed by atoms with Crippen molar-refractivity contribution in [2.45, 2.75) is 20.3 Å². The van der Waals surface area contributed by atoms with Crippen molar-refractivity contribution in [3.05, 3.63) is 18.0 Å². The maximum Gasteiger partial charge on any atom is 0.308 e. The van der Waals surface area contributed by atoms with E-state index in [-0.39, 0.29) is 11.9 Å². The molecule has 0 aromatic carbocycles. The summed E-state index contributed by atoms with van der Waals surface area (Å²) in [6, 6.07) is 0. The molecule has 1 aromatic heterocycles. The summed E-state index contributed by atoms with van der Waals surface area (Å²) >= 11 is 0.